The van der Waals surface area contributed by atoms with E-state index in [1.165, 1.54) is 16.4 Å². The zero-order valence-electron chi connectivity index (χ0n) is 18.1. The topological polar surface area (TPSA) is 105 Å². The average molecular weight is 480 g/mol. The third kappa shape index (κ3) is 5.72. The van der Waals surface area contributed by atoms with Gasteiger partial charge in [0.25, 0.3) is 11.8 Å². The van der Waals surface area contributed by atoms with E-state index in [9.17, 15) is 18.0 Å². The van der Waals surface area contributed by atoms with Gasteiger partial charge in [-0.25, -0.2) is 8.42 Å². The van der Waals surface area contributed by atoms with Crippen molar-refractivity contribution < 1.29 is 22.7 Å². The van der Waals surface area contributed by atoms with Crippen LogP contribution in [-0.2, 0) is 14.8 Å². The molecule has 172 valence electrons. The average Bonchev–Trinajstić information content (AvgIpc) is 2.91. The number of anilines is 2. The van der Waals surface area contributed by atoms with E-state index in [1.54, 1.807) is 30.3 Å². The summed E-state index contributed by atoms with van der Waals surface area (Å²) in [5, 5.41) is 5.94. The summed E-state index contributed by atoms with van der Waals surface area (Å²) in [7, 11) is -3.61. The van der Waals surface area contributed by atoms with E-state index in [0.717, 1.165) is 6.26 Å². The lowest BCUT2D eigenvalue weighted by Gasteiger charge is -2.21. The Balaban J connectivity index is 1.83. The molecule has 1 unspecified atom stereocenters. The van der Waals surface area contributed by atoms with E-state index in [-0.39, 0.29) is 36.2 Å². The molecule has 10 heteroatoms. The lowest BCUT2D eigenvalue weighted by molar-refractivity contribution is -0.122. The molecule has 0 saturated carbocycles. The Morgan fingerprint density at radius 1 is 1.22 bits per heavy atom. The molecule has 0 spiro atoms. The zero-order valence-corrected chi connectivity index (χ0v) is 19.7. The number of carbonyl (C=O) groups excluding carboxylic acids is 2. The molecule has 1 atom stereocenters. The number of nitrogens with one attached hydrogen (secondary N) is 2. The van der Waals surface area contributed by atoms with Crippen LogP contribution in [0.25, 0.3) is 0 Å². The van der Waals surface area contributed by atoms with Crippen molar-refractivity contribution in [1.82, 2.24) is 5.32 Å². The van der Waals surface area contributed by atoms with Crippen LogP contribution >= 0.6 is 11.6 Å². The second-order valence-corrected chi connectivity index (χ2v) is 10.3. The van der Waals surface area contributed by atoms with Crippen LogP contribution < -0.4 is 19.7 Å². The SMILES string of the molecule is CC(C)CNC(=O)c1ccccc1NC(=O)C1CCN(S(C)(=O)=O)c2cc(Cl)ccc2O1. The highest BCUT2D eigenvalue weighted by Crippen LogP contribution is 2.36. The Bertz CT molecular complexity index is 1120. The van der Waals surface area contributed by atoms with Crippen molar-refractivity contribution in [1.29, 1.82) is 0 Å². The summed E-state index contributed by atoms with van der Waals surface area (Å²) < 4.78 is 31.6. The number of halogens is 1. The first-order valence-corrected chi connectivity index (χ1v) is 12.4. The summed E-state index contributed by atoms with van der Waals surface area (Å²) in [6.07, 6.45) is 0.241. The lowest BCUT2D eigenvalue weighted by Crippen LogP contribution is -2.36. The van der Waals surface area contributed by atoms with Gasteiger partial charge in [0.15, 0.2) is 6.10 Å². The number of hydrogen-bond acceptors (Lipinski definition) is 5. The molecule has 0 aromatic heterocycles. The van der Waals surface area contributed by atoms with E-state index < -0.39 is 22.0 Å². The van der Waals surface area contributed by atoms with Gasteiger partial charge in [-0.2, -0.15) is 0 Å². The standard InChI is InChI=1S/C22H26ClN3O5S/c1-14(2)13-24-21(27)16-6-4-5-7-17(16)25-22(28)20-10-11-26(32(3,29)30)18-12-15(23)8-9-19(18)31-20/h4-9,12,14,20H,10-11,13H2,1-3H3,(H,24,27)(H,25,28). The second kappa shape index (κ2) is 9.79. The number of benzene rings is 2. The van der Waals surface area contributed by atoms with E-state index in [1.807, 2.05) is 13.8 Å². The molecule has 2 aromatic rings. The molecule has 2 amide bonds. The molecule has 8 nitrogen and oxygen atoms in total. The van der Waals surface area contributed by atoms with Crippen LogP contribution in [0.5, 0.6) is 5.75 Å². The molecule has 0 aliphatic carbocycles. The first-order valence-electron chi connectivity index (χ1n) is 10.2. The van der Waals surface area contributed by atoms with Gasteiger partial charge >= 0.3 is 0 Å². The maximum absolute atomic E-state index is 13.0. The van der Waals surface area contributed by atoms with Gasteiger partial charge in [-0.15, -0.1) is 0 Å². The third-order valence-electron chi connectivity index (χ3n) is 4.85. The molecule has 0 fully saturated rings. The summed E-state index contributed by atoms with van der Waals surface area (Å²) in [6.45, 7) is 4.53. The van der Waals surface area contributed by atoms with Crippen molar-refractivity contribution in [2.75, 3.05) is 29.0 Å². The minimum Gasteiger partial charge on any atom is -0.478 e. The maximum atomic E-state index is 13.0. The van der Waals surface area contributed by atoms with Gasteiger partial charge in [0.2, 0.25) is 10.0 Å². The van der Waals surface area contributed by atoms with E-state index in [2.05, 4.69) is 10.6 Å². The monoisotopic (exact) mass is 479 g/mol. The largest absolute Gasteiger partial charge is 0.478 e. The predicted octanol–water partition coefficient (Wildman–Crippen LogP) is 3.28. The fourth-order valence-electron chi connectivity index (χ4n) is 3.28. The van der Waals surface area contributed by atoms with Gasteiger partial charge in [-0.05, 0) is 36.2 Å². The van der Waals surface area contributed by atoms with Crippen molar-refractivity contribution in [2.45, 2.75) is 26.4 Å². The highest BCUT2D eigenvalue weighted by Gasteiger charge is 2.32. The van der Waals surface area contributed by atoms with Crippen LogP contribution in [0.3, 0.4) is 0 Å². The number of sulfonamides is 1. The first kappa shape index (κ1) is 23.9. The maximum Gasteiger partial charge on any atom is 0.265 e. The van der Waals surface area contributed by atoms with Crippen molar-refractivity contribution in [3.05, 3.63) is 53.1 Å². The number of carbonyl (C=O) groups is 2. The molecule has 1 heterocycles. The fraction of sp³-hybridized carbons (Fsp3) is 0.364. The number of amides is 2. The van der Waals surface area contributed by atoms with Gasteiger partial charge in [0, 0.05) is 24.5 Å². The lowest BCUT2D eigenvalue weighted by atomic mass is 10.1. The Kier molecular flexibility index (Phi) is 7.30. The summed E-state index contributed by atoms with van der Waals surface area (Å²) >= 11 is 6.05. The Hall–Kier alpha value is -2.78. The van der Waals surface area contributed by atoms with Gasteiger partial charge in [-0.1, -0.05) is 37.6 Å². The van der Waals surface area contributed by atoms with Gasteiger partial charge in [0.05, 0.1) is 23.2 Å². The molecule has 0 radical (unpaired) electrons. The highest BCUT2D eigenvalue weighted by atomic mass is 35.5. The van der Waals surface area contributed by atoms with Crippen LogP contribution in [0.1, 0.15) is 30.6 Å². The van der Waals surface area contributed by atoms with Crippen LogP contribution in [0.2, 0.25) is 5.02 Å². The molecule has 2 aromatic carbocycles. The van der Waals surface area contributed by atoms with Crippen LogP contribution in [0, 0.1) is 5.92 Å². The number of rotatable bonds is 6. The Morgan fingerprint density at radius 3 is 2.62 bits per heavy atom. The quantitative estimate of drug-likeness (QED) is 0.661. The normalized spacial score (nSPS) is 16.0. The molecule has 1 aliphatic rings. The smallest absolute Gasteiger partial charge is 0.265 e. The van der Waals surface area contributed by atoms with E-state index in [4.69, 9.17) is 16.3 Å². The fourth-order valence-corrected chi connectivity index (χ4v) is 4.38. The summed E-state index contributed by atoms with van der Waals surface area (Å²) in [6, 6.07) is 11.3. The number of para-hydroxylation sites is 1. The minimum atomic E-state index is -3.61. The summed E-state index contributed by atoms with van der Waals surface area (Å²) in [5.74, 6) is -0.253. The molecule has 32 heavy (non-hydrogen) atoms. The van der Waals surface area contributed by atoms with E-state index >= 15 is 0 Å². The second-order valence-electron chi connectivity index (χ2n) is 7.98. The molecule has 0 bridgehead atoms. The summed E-state index contributed by atoms with van der Waals surface area (Å²) in [5.41, 5.74) is 0.965. The van der Waals surface area contributed by atoms with Gasteiger partial charge in [-0.3, -0.25) is 13.9 Å². The molecule has 2 N–H and O–H groups in total. The molecule has 3 rings (SSSR count). The Labute approximate surface area is 192 Å². The number of hydrogen-bond donors (Lipinski definition) is 2. The Morgan fingerprint density at radius 2 is 1.94 bits per heavy atom. The van der Waals surface area contributed by atoms with Crippen molar-refractivity contribution in [3.8, 4) is 5.75 Å². The zero-order chi connectivity index (χ0) is 23.5. The first-order chi connectivity index (χ1) is 15.1. The summed E-state index contributed by atoms with van der Waals surface area (Å²) in [4.78, 5) is 25.6. The molecule has 1 aliphatic heterocycles. The number of ether oxygens (including phenoxy) is 1. The molecular weight excluding hydrogens is 454 g/mol. The number of nitrogens with zero attached hydrogens (tertiary/aromatic N) is 1. The van der Waals surface area contributed by atoms with Crippen molar-refractivity contribution in [3.63, 3.8) is 0 Å². The van der Waals surface area contributed by atoms with Gasteiger partial charge in [0.1, 0.15) is 5.75 Å². The van der Waals surface area contributed by atoms with Gasteiger partial charge < -0.3 is 15.4 Å². The minimum absolute atomic E-state index is 0.0424. The van der Waals surface area contributed by atoms with Crippen LogP contribution in [-0.4, -0.2) is 45.7 Å². The predicted molar refractivity (Wildman–Crippen MR) is 125 cm³/mol. The van der Waals surface area contributed by atoms with E-state index in [0.29, 0.717) is 22.8 Å². The molecule has 0 saturated heterocycles. The third-order valence-corrected chi connectivity index (χ3v) is 6.26. The highest BCUT2D eigenvalue weighted by molar-refractivity contribution is 7.92. The number of fused-ring (bicyclic) bond motifs is 1. The van der Waals surface area contributed by atoms with Crippen molar-refractivity contribution in [2.24, 2.45) is 5.92 Å². The molecular formula is C22H26ClN3O5S. The van der Waals surface area contributed by atoms with Crippen LogP contribution in [0.4, 0.5) is 11.4 Å². The van der Waals surface area contributed by atoms with Crippen molar-refractivity contribution >= 4 is 44.8 Å². The van der Waals surface area contributed by atoms with Crippen LogP contribution in [0.15, 0.2) is 42.5 Å².